The van der Waals surface area contributed by atoms with Gasteiger partial charge in [-0.1, -0.05) is 159 Å². The minimum absolute atomic E-state index is 0.130. The Bertz CT molecular complexity index is 2780. The number of fused-ring (bicyclic) bond motifs is 14. The Balaban J connectivity index is 1.09. The van der Waals surface area contributed by atoms with Crippen LogP contribution in [-0.4, -0.2) is 0 Å². The number of nitrogens with zero attached hydrogens (tertiary/aromatic N) is 1. The van der Waals surface area contributed by atoms with Crippen LogP contribution in [0.2, 0.25) is 0 Å². The molecule has 0 aliphatic heterocycles. The van der Waals surface area contributed by atoms with Crippen molar-refractivity contribution in [3.63, 3.8) is 0 Å². The fourth-order valence-corrected chi connectivity index (χ4v) is 11.7. The second-order valence-electron chi connectivity index (χ2n) is 16.6. The van der Waals surface area contributed by atoms with Crippen LogP contribution < -0.4 is 4.90 Å². The molecule has 0 heterocycles. The zero-order valence-electron chi connectivity index (χ0n) is 31.6. The van der Waals surface area contributed by atoms with Crippen LogP contribution in [0.25, 0.3) is 39.0 Å². The lowest BCUT2D eigenvalue weighted by Crippen LogP contribution is -2.28. The third kappa shape index (κ3) is 4.32. The van der Waals surface area contributed by atoms with Crippen LogP contribution in [0.15, 0.2) is 182 Å². The van der Waals surface area contributed by atoms with Gasteiger partial charge < -0.3 is 4.90 Å². The van der Waals surface area contributed by atoms with E-state index in [-0.39, 0.29) is 10.8 Å². The molecular formula is C55H43N. The van der Waals surface area contributed by atoms with Crippen LogP contribution in [0.5, 0.6) is 0 Å². The van der Waals surface area contributed by atoms with Crippen molar-refractivity contribution in [3.05, 3.63) is 215 Å². The summed E-state index contributed by atoms with van der Waals surface area (Å²) in [5.74, 6) is 0. The smallest absolute Gasteiger partial charge is 0.0722 e. The summed E-state index contributed by atoms with van der Waals surface area (Å²) < 4.78 is 0. The van der Waals surface area contributed by atoms with E-state index in [4.69, 9.17) is 0 Å². The molecule has 1 saturated carbocycles. The molecule has 1 nitrogen and oxygen atoms in total. The van der Waals surface area contributed by atoms with Crippen LogP contribution in [0, 0.1) is 0 Å². The van der Waals surface area contributed by atoms with Gasteiger partial charge in [0.25, 0.3) is 0 Å². The predicted molar refractivity (Wildman–Crippen MR) is 233 cm³/mol. The fourth-order valence-electron chi connectivity index (χ4n) is 11.7. The van der Waals surface area contributed by atoms with Gasteiger partial charge in [0.15, 0.2) is 0 Å². The standard InChI is InChI=1S/C55H43N/c1-3-15-37(16-4-1)38-25-27-39(28-26-38)56(40-30-32-49-47(35-40)45-20-5-9-21-48(45)54(49)33-13-2-14-34-54)41-29-31-46-44-19-8-12-24-52(44)55(53(46)36-41)50-22-10-6-17-42(50)43-18-7-11-23-51(43)55/h1,3-6,8-12,15-17,19-32,35-36H,2,7,13-14,18,33-34H2. The first-order chi connectivity index (χ1) is 27.8. The maximum Gasteiger partial charge on any atom is 0.0722 e. The highest BCUT2D eigenvalue weighted by atomic mass is 15.1. The van der Waals surface area contributed by atoms with Crippen molar-refractivity contribution in [2.45, 2.75) is 55.8 Å². The Morgan fingerprint density at radius 3 is 1.77 bits per heavy atom. The molecule has 1 atom stereocenters. The van der Waals surface area contributed by atoms with Crippen LogP contribution in [0.1, 0.15) is 78.3 Å². The number of anilines is 3. The molecular weight excluding hydrogens is 675 g/mol. The number of benzene rings is 7. The highest BCUT2D eigenvalue weighted by molar-refractivity contribution is 5.97. The lowest BCUT2D eigenvalue weighted by atomic mass is 9.68. The summed E-state index contributed by atoms with van der Waals surface area (Å²) >= 11 is 0. The van der Waals surface area contributed by atoms with Gasteiger partial charge >= 0.3 is 0 Å². The van der Waals surface area contributed by atoms with Gasteiger partial charge in [-0.05, 0) is 140 Å². The number of rotatable bonds is 4. The highest BCUT2D eigenvalue weighted by Crippen LogP contribution is 2.64. The first kappa shape index (κ1) is 32.1. The van der Waals surface area contributed by atoms with Crippen LogP contribution in [0.4, 0.5) is 17.1 Å². The molecule has 12 rings (SSSR count). The van der Waals surface area contributed by atoms with Gasteiger partial charge in [0.2, 0.25) is 0 Å². The van der Waals surface area contributed by atoms with Crippen molar-refractivity contribution in [2.75, 3.05) is 4.90 Å². The van der Waals surface area contributed by atoms with Crippen LogP contribution in [0.3, 0.4) is 0 Å². The Morgan fingerprint density at radius 1 is 0.411 bits per heavy atom. The molecule has 268 valence electrons. The average Bonchev–Trinajstić information content (AvgIpc) is 3.84. The summed E-state index contributed by atoms with van der Waals surface area (Å²) in [6.07, 6.45) is 13.4. The molecule has 1 unspecified atom stereocenters. The maximum absolute atomic E-state index is 2.54. The van der Waals surface area contributed by atoms with Crippen molar-refractivity contribution in [1.29, 1.82) is 0 Å². The lowest BCUT2D eigenvalue weighted by molar-refractivity contribution is 0.353. The largest absolute Gasteiger partial charge is 0.310 e. The quantitative estimate of drug-likeness (QED) is 0.175. The van der Waals surface area contributed by atoms with E-state index in [1.54, 1.807) is 0 Å². The van der Waals surface area contributed by atoms with Crippen LogP contribution >= 0.6 is 0 Å². The molecule has 1 heteroatoms. The normalized spacial score (nSPS) is 19.0. The summed E-state index contributed by atoms with van der Waals surface area (Å²) in [6, 6.07) is 62.4. The second kappa shape index (κ2) is 12.2. The van der Waals surface area contributed by atoms with Gasteiger partial charge in [-0.3, -0.25) is 0 Å². The van der Waals surface area contributed by atoms with Gasteiger partial charge in [0.1, 0.15) is 0 Å². The molecule has 7 aromatic carbocycles. The molecule has 5 aliphatic rings. The zero-order chi connectivity index (χ0) is 36.8. The minimum atomic E-state index is -0.349. The van der Waals surface area contributed by atoms with Crippen molar-refractivity contribution in [2.24, 2.45) is 0 Å². The van der Waals surface area contributed by atoms with E-state index < -0.39 is 0 Å². The van der Waals surface area contributed by atoms with Crippen LogP contribution in [-0.2, 0) is 10.8 Å². The van der Waals surface area contributed by atoms with E-state index >= 15 is 0 Å². The van der Waals surface area contributed by atoms with Gasteiger partial charge in [-0.2, -0.15) is 0 Å². The van der Waals surface area contributed by atoms with E-state index in [1.807, 2.05) is 0 Å². The third-order valence-electron chi connectivity index (χ3n) is 14.0. The van der Waals surface area contributed by atoms with Gasteiger partial charge in [0, 0.05) is 22.5 Å². The van der Waals surface area contributed by atoms with Gasteiger partial charge in [-0.15, -0.1) is 0 Å². The maximum atomic E-state index is 2.54. The predicted octanol–water partition coefficient (Wildman–Crippen LogP) is 14.5. The minimum Gasteiger partial charge on any atom is -0.310 e. The fraction of sp³-hybridized carbons (Fsp3) is 0.164. The summed E-state index contributed by atoms with van der Waals surface area (Å²) in [7, 11) is 0. The Kier molecular flexibility index (Phi) is 6.97. The molecule has 1 fully saturated rings. The molecule has 0 radical (unpaired) electrons. The second-order valence-corrected chi connectivity index (χ2v) is 16.6. The molecule has 5 aliphatic carbocycles. The Morgan fingerprint density at radius 2 is 0.982 bits per heavy atom. The number of allylic oxidation sites excluding steroid dienone is 4. The zero-order valence-corrected chi connectivity index (χ0v) is 31.6. The van der Waals surface area contributed by atoms with Crippen molar-refractivity contribution < 1.29 is 0 Å². The molecule has 7 aromatic rings. The first-order valence-electron chi connectivity index (χ1n) is 20.7. The van der Waals surface area contributed by atoms with E-state index in [9.17, 15) is 0 Å². The SMILES string of the molecule is C1=CC2=C(CC1)c1ccccc1C21c2ccccc2-c2ccc(N(c3ccc(-c4ccccc4)cc3)c3ccc4c(c3)-c3ccccc3C43CCCCC3)cc21. The third-order valence-corrected chi connectivity index (χ3v) is 14.0. The molecule has 56 heavy (non-hydrogen) atoms. The van der Waals surface area contributed by atoms with E-state index in [1.165, 1.54) is 121 Å². The number of hydrogen-bond donors (Lipinski definition) is 0. The molecule has 0 aromatic heterocycles. The summed E-state index contributed by atoms with van der Waals surface area (Å²) in [5, 5.41) is 0. The van der Waals surface area contributed by atoms with Gasteiger partial charge in [0.05, 0.1) is 5.41 Å². The molecule has 0 bridgehead atoms. The topological polar surface area (TPSA) is 3.24 Å². The Hall–Kier alpha value is -6.18. The number of hydrogen-bond acceptors (Lipinski definition) is 1. The van der Waals surface area contributed by atoms with E-state index in [0.717, 1.165) is 18.5 Å². The molecule has 0 saturated heterocycles. The van der Waals surface area contributed by atoms with E-state index in [2.05, 4.69) is 181 Å². The monoisotopic (exact) mass is 717 g/mol. The lowest BCUT2D eigenvalue weighted by Gasteiger charge is -2.36. The average molecular weight is 718 g/mol. The van der Waals surface area contributed by atoms with Crippen molar-refractivity contribution in [3.8, 4) is 33.4 Å². The van der Waals surface area contributed by atoms with Crippen molar-refractivity contribution in [1.82, 2.24) is 0 Å². The van der Waals surface area contributed by atoms with E-state index in [0.29, 0.717) is 0 Å². The summed E-state index contributed by atoms with van der Waals surface area (Å²) in [5.41, 5.74) is 23.0. The molecule has 0 N–H and O–H groups in total. The first-order valence-corrected chi connectivity index (χ1v) is 20.7. The van der Waals surface area contributed by atoms with Crippen molar-refractivity contribution >= 4 is 22.6 Å². The molecule has 2 spiro atoms. The Labute approximate surface area is 330 Å². The summed E-state index contributed by atoms with van der Waals surface area (Å²) in [4.78, 5) is 2.52. The highest BCUT2D eigenvalue weighted by Gasteiger charge is 2.52. The van der Waals surface area contributed by atoms with Gasteiger partial charge in [-0.25, -0.2) is 0 Å². The summed E-state index contributed by atoms with van der Waals surface area (Å²) in [6.45, 7) is 0. The molecule has 0 amide bonds.